The molecule has 2 N–H and O–H groups in total. The molecule has 0 aliphatic rings. The van der Waals surface area contributed by atoms with Crippen LogP contribution in [0.15, 0.2) is 24.3 Å². The average molecular weight is 302 g/mol. The number of nitrogens with one attached hydrogen (secondary N) is 1. The van der Waals surface area contributed by atoms with Crippen molar-refractivity contribution < 1.29 is 14.7 Å². The highest BCUT2D eigenvalue weighted by atomic mass is 35.5. The summed E-state index contributed by atoms with van der Waals surface area (Å²) in [5.74, 6) is -0.699. The molecule has 0 saturated heterocycles. The maximum absolute atomic E-state index is 11.7. The van der Waals surface area contributed by atoms with E-state index in [-0.39, 0.29) is 16.9 Å². The van der Waals surface area contributed by atoms with Crippen molar-refractivity contribution in [1.29, 1.82) is 0 Å². The lowest BCUT2D eigenvalue weighted by atomic mass is 10.2. The van der Waals surface area contributed by atoms with Crippen LogP contribution in [0, 0.1) is 0 Å². The van der Waals surface area contributed by atoms with Gasteiger partial charge in [-0.05, 0) is 31.2 Å². The largest absolute Gasteiger partial charge is 0.392 e. The van der Waals surface area contributed by atoms with E-state index in [2.05, 4.69) is 5.32 Å². The zero-order chi connectivity index (χ0) is 14.4. The molecule has 0 aliphatic heterocycles. The fraction of sp³-hybridized carbons (Fsp3) is 0.385. The first-order valence-corrected chi connectivity index (χ1v) is 7.22. The monoisotopic (exact) mass is 301 g/mol. The summed E-state index contributed by atoms with van der Waals surface area (Å²) in [6.07, 6.45) is -0.496. The minimum Gasteiger partial charge on any atom is -0.392 e. The Hall–Kier alpha value is -1.04. The number of hydrogen-bond acceptors (Lipinski definition) is 4. The van der Waals surface area contributed by atoms with Gasteiger partial charge in [-0.1, -0.05) is 18.5 Å². The van der Waals surface area contributed by atoms with Crippen molar-refractivity contribution in [2.75, 3.05) is 5.75 Å². The van der Waals surface area contributed by atoms with Gasteiger partial charge in [-0.3, -0.25) is 14.9 Å². The van der Waals surface area contributed by atoms with E-state index >= 15 is 0 Å². The normalized spacial score (nSPS) is 13.7. The quantitative estimate of drug-likeness (QED) is 0.874. The third-order valence-corrected chi connectivity index (χ3v) is 4.12. The van der Waals surface area contributed by atoms with Gasteiger partial charge >= 0.3 is 0 Å². The molecule has 0 heterocycles. The zero-order valence-electron chi connectivity index (χ0n) is 10.7. The van der Waals surface area contributed by atoms with Crippen molar-refractivity contribution in [3.05, 3.63) is 34.9 Å². The molecule has 0 radical (unpaired) electrons. The van der Waals surface area contributed by atoms with Gasteiger partial charge in [-0.15, -0.1) is 11.8 Å². The van der Waals surface area contributed by atoms with Gasteiger partial charge in [0.15, 0.2) is 0 Å². The number of benzene rings is 1. The van der Waals surface area contributed by atoms with Crippen LogP contribution in [0.5, 0.6) is 0 Å². The third kappa shape index (κ3) is 5.63. The van der Waals surface area contributed by atoms with Crippen LogP contribution in [0.2, 0.25) is 5.02 Å². The first-order chi connectivity index (χ1) is 8.90. The lowest BCUT2D eigenvalue weighted by Gasteiger charge is -2.13. The SMILES string of the molecule is CC(O)C(C)SCC(=O)NC(=O)c1ccc(Cl)cc1. The number of thioether (sulfide) groups is 1. The summed E-state index contributed by atoms with van der Waals surface area (Å²) in [7, 11) is 0. The van der Waals surface area contributed by atoms with E-state index in [1.54, 1.807) is 31.2 Å². The van der Waals surface area contributed by atoms with Crippen LogP contribution in [0.3, 0.4) is 0 Å². The highest BCUT2D eigenvalue weighted by Gasteiger charge is 2.14. The summed E-state index contributed by atoms with van der Waals surface area (Å²) in [5, 5.41) is 12.0. The number of aliphatic hydroxyl groups excluding tert-OH is 1. The molecule has 2 unspecified atom stereocenters. The number of amides is 2. The van der Waals surface area contributed by atoms with Gasteiger partial charge < -0.3 is 5.11 Å². The summed E-state index contributed by atoms with van der Waals surface area (Å²) in [5.41, 5.74) is 0.381. The van der Waals surface area contributed by atoms with E-state index in [9.17, 15) is 14.7 Å². The van der Waals surface area contributed by atoms with Gasteiger partial charge in [-0.25, -0.2) is 0 Å². The number of carbonyl (C=O) groups is 2. The molecule has 1 aromatic carbocycles. The molecule has 0 spiro atoms. The molecule has 0 aromatic heterocycles. The predicted octanol–water partition coefficient (Wildman–Crippen LogP) is 2.10. The van der Waals surface area contributed by atoms with E-state index < -0.39 is 12.0 Å². The van der Waals surface area contributed by atoms with Gasteiger partial charge in [0.2, 0.25) is 5.91 Å². The van der Waals surface area contributed by atoms with Crippen molar-refractivity contribution >= 4 is 35.2 Å². The van der Waals surface area contributed by atoms with Crippen LogP contribution in [0.25, 0.3) is 0 Å². The van der Waals surface area contributed by atoms with Gasteiger partial charge in [0.1, 0.15) is 0 Å². The average Bonchev–Trinajstić information content (AvgIpc) is 2.36. The van der Waals surface area contributed by atoms with Gasteiger partial charge in [0, 0.05) is 15.8 Å². The summed E-state index contributed by atoms with van der Waals surface area (Å²) < 4.78 is 0. The molecule has 4 nitrogen and oxygen atoms in total. The molecule has 1 aromatic rings. The van der Waals surface area contributed by atoms with Gasteiger partial charge in [0.25, 0.3) is 5.91 Å². The highest BCUT2D eigenvalue weighted by molar-refractivity contribution is 8.00. The second kappa shape index (κ2) is 7.53. The Morgan fingerprint density at radius 3 is 2.42 bits per heavy atom. The van der Waals surface area contributed by atoms with Crippen molar-refractivity contribution in [2.45, 2.75) is 25.2 Å². The highest BCUT2D eigenvalue weighted by Crippen LogP contribution is 2.14. The molecule has 19 heavy (non-hydrogen) atoms. The van der Waals surface area contributed by atoms with Crippen molar-refractivity contribution in [2.24, 2.45) is 0 Å². The molecule has 104 valence electrons. The minimum atomic E-state index is -0.496. The van der Waals surface area contributed by atoms with Crippen molar-refractivity contribution in [1.82, 2.24) is 5.32 Å². The topological polar surface area (TPSA) is 66.4 Å². The number of aliphatic hydroxyl groups is 1. The maximum Gasteiger partial charge on any atom is 0.257 e. The first-order valence-electron chi connectivity index (χ1n) is 5.79. The van der Waals surface area contributed by atoms with Crippen LogP contribution in [-0.4, -0.2) is 34.0 Å². The molecular weight excluding hydrogens is 286 g/mol. The van der Waals surface area contributed by atoms with E-state index in [0.717, 1.165) is 0 Å². The predicted molar refractivity (Wildman–Crippen MR) is 77.5 cm³/mol. The Labute approximate surface area is 121 Å². The van der Waals surface area contributed by atoms with Crippen LogP contribution in [0.4, 0.5) is 0 Å². The number of hydrogen-bond donors (Lipinski definition) is 2. The number of rotatable bonds is 5. The van der Waals surface area contributed by atoms with Crippen molar-refractivity contribution in [3.63, 3.8) is 0 Å². The standard InChI is InChI=1S/C13H16ClNO3S/c1-8(16)9(2)19-7-12(17)15-13(18)10-3-5-11(14)6-4-10/h3-6,8-9,16H,7H2,1-2H3,(H,15,17,18). The molecule has 0 bridgehead atoms. The summed E-state index contributed by atoms with van der Waals surface area (Å²) >= 11 is 7.01. The van der Waals surface area contributed by atoms with E-state index in [1.807, 2.05) is 6.92 Å². The molecule has 2 atom stereocenters. The van der Waals surface area contributed by atoms with Gasteiger partial charge in [-0.2, -0.15) is 0 Å². The Kier molecular flexibility index (Phi) is 6.34. The zero-order valence-corrected chi connectivity index (χ0v) is 12.3. The summed E-state index contributed by atoms with van der Waals surface area (Å²) in [6, 6.07) is 6.28. The maximum atomic E-state index is 11.7. The fourth-order valence-electron chi connectivity index (χ4n) is 1.18. The van der Waals surface area contributed by atoms with E-state index in [4.69, 9.17) is 11.6 Å². The molecule has 2 amide bonds. The lowest BCUT2D eigenvalue weighted by Crippen LogP contribution is -2.32. The van der Waals surface area contributed by atoms with E-state index in [0.29, 0.717) is 10.6 Å². The van der Waals surface area contributed by atoms with Crippen molar-refractivity contribution in [3.8, 4) is 0 Å². The van der Waals surface area contributed by atoms with Crippen LogP contribution in [0.1, 0.15) is 24.2 Å². The van der Waals surface area contributed by atoms with E-state index in [1.165, 1.54) is 11.8 Å². The van der Waals surface area contributed by atoms with Crippen LogP contribution < -0.4 is 5.32 Å². The Balaban J connectivity index is 2.44. The summed E-state index contributed by atoms with van der Waals surface area (Å²) in [4.78, 5) is 23.3. The second-order valence-corrected chi connectivity index (χ2v) is 5.94. The molecule has 0 saturated carbocycles. The molecule has 1 rings (SSSR count). The molecule has 6 heteroatoms. The Morgan fingerprint density at radius 2 is 1.89 bits per heavy atom. The second-order valence-electron chi connectivity index (χ2n) is 4.14. The molecule has 0 fully saturated rings. The molecule has 0 aliphatic carbocycles. The third-order valence-electron chi connectivity index (χ3n) is 2.52. The number of halogens is 1. The smallest absolute Gasteiger partial charge is 0.257 e. The number of carbonyl (C=O) groups excluding carboxylic acids is 2. The fourth-order valence-corrected chi connectivity index (χ4v) is 2.07. The summed E-state index contributed by atoms with van der Waals surface area (Å²) in [6.45, 7) is 3.48. The Morgan fingerprint density at radius 1 is 1.32 bits per heavy atom. The van der Waals surface area contributed by atoms with Crippen LogP contribution in [-0.2, 0) is 4.79 Å². The molecular formula is C13H16ClNO3S. The minimum absolute atomic E-state index is 0.0589. The Bertz CT molecular complexity index is 448. The first kappa shape index (κ1) is 16.0. The van der Waals surface area contributed by atoms with Gasteiger partial charge in [0.05, 0.1) is 11.9 Å². The lowest BCUT2D eigenvalue weighted by molar-refractivity contribution is -0.117. The van der Waals surface area contributed by atoms with Crippen LogP contribution >= 0.6 is 23.4 Å². The number of imide groups is 1.